The van der Waals surface area contributed by atoms with Crippen LogP contribution in [0.15, 0.2) is 57.1 Å². The van der Waals surface area contributed by atoms with Crippen molar-refractivity contribution in [2.45, 2.75) is 0 Å². The smallest absolute Gasteiger partial charge is 0.0255 e. The van der Waals surface area contributed by atoms with E-state index in [0.29, 0.717) is 0 Å². The summed E-state index contributed by atoms with van der Waals surface area (Å²) in [6, 6.07) is 0. The van der Waals surface area contributed by atoms with Gasteiger partial charge < -0.3 is 0 Å². The van der Waals surface area contributed by atoms with Crippen LogP contribution >= 0.6 is 23.5 Å². The molecule has 0 radical (unpaired) electrons. The van der Waals surface area contributed by atoms with E-state index in [0.717, 1.165) is 0 Å². The van der Waals surface area contributed by atoms with E-state index < -0.39 is 0 Å². The molecule has 2 heteroatoms. The molecule has 0 bridgehead atoms. The second kappa shape index (κ2) is 3.87. The van der Waals surface area contributed by atoms with E-state index in [4.69, 9.17) is 0 Å². The lowest BCUT2D eigenvalue weighted by molar-refractivity contribution is 1.77. The van der Waals surface area contributed by atoms with Gasteiger partial charge in [-0.25, -0.2) is 0 Å². The van der Waals surface area contributed by atoms with Gasteiger partial charge in [-0.3, -0.25) is 0 Å². The highest BCUT2D eigenvalue weighted by Gasteiger charge is 2.03. The first-order chi connectivity index (χ1) is 5.97. The van der Waals surface area contributed by atoms with Crippen molar-refractivity contribution in [1.29, 1.82) is 0 Å². The Morgan fingerprint density at radius 3 is 1.50 bits per heavy atom. The third kappa shape index (κ3) is 1.76. The number of rotatable bonds is 0. The van der Waals surface area contributed by atoms with Gasteiger partial charge in [-0.1, -0.05) is 47.8 Å². The topological polar surface area (TPSA) is 0 Å². The maximum atomic E-state index is 2.15. The summed E-state index contributed by atoms with van der Waals surface area (Å²) in [4.78, 5) is 2.67. The summed E-state index contributed by atoms with van der Waals surface area (Å²) in [5.74, 6) is 0. The molecule has 0 saturated carbocycles. The first-order valence-corrected chi connectivity index (χ1v) is 5.47. The first-order valence-electron chi connectivity index (χ1n) is 3.71. The Hall–Kier alpha value is -0.600. The van der Waals surface area contributed by atoms with Crippen LogP contribution in [-0.4, -0.2) is 0 Å². The van der Waals surface area contributed by atoms with Crippen molar-refractivity contribution >= 4 is 23.5 Å². The second-order valence-corrected chi connectivity index (χ2v) is 4.23. The van der Waals surface area contributed by atoms with E-state index in [-0.39, 0.29) is 0 Å². The molecule has 2 rings (SSSR count). The SMILES string of the molecule is C1=CSC(=C2C=CC=CS2)C=C1. The van der Waals surface area contributed by atoms with E-state index in [1.54, 1.807) is 23.5 Å². The summed E-state index contributed by atoms with van der Waals surface area (Å²) < 4.78 is 0. The first kappa shape index (κ1) is 8.02. The third-order valence-corrected chi connectivity index (χ3v) is 3.44. The van der Waals surface area contributed by atoms with Crippen LogP contribution in [0.1, 0.15) is 0 Å². The Bertz CT molecular complexity index is 285. The van der Waals surface area contributed by atoms with E-state index in [2.05, 4.69) is 47.3 Å². The Kier molecular flexibility index (Phi) is 2.59. The van der Waals surface area contributed by atoms with Crippen molar-refractivity contribution in [1.82, 2.24) is 0 Å². The molecule has 2 heterocycles. The summed E-state index contributed by atoms with van der Waals surface area (Å²) in [5.41, 5.74) is 0. The number of hydrogen-bond donors (Lipinski definition) is 0. The molecule has 0 spiro atoms. The fraction of sp³-hybridized carbons (Fsp3) is 0. The highest BCUT2D eigenvalue weighted by Crippen LogP contribution is 2.34. The summed E-state index contributed by atoms with van der Waals surface area (Å²) in [5, 5.41) is 4.21. The van der Waals surface area contributed by atoms with Gasteiger partial charge >= 0.3 is 0 Å². The zero-order valence-corrected chi connectivity index (χ0v) is 8.07. The minimum absolute atomic E-state index is 1.34. The molecule has 0 amide bonds. The van der Waals surface area contributed by atoms with E-state index in [1.165, 1.54) is 9.81 Å². The molecule has 0 aromatic rings. The number of hydrogen-bond acceptors (Lipinski definition) is 2. The highest BCUT2D eigenvalue weighted by molar-refractivity contribution is 8.09. The maximum Gasteiger partial charge on any atom is 0.0255 e. The van der Waals surface area contributed by atoms with Crippen LogP contribution < -0.4 is 0 Å². The monoisotopic (exact) mass is 192 g/mol. The molecule has 12 heavy (non-hydrogen) atoms. The molecule has 0 unspecified atom stereocenters. The summed E-state index contributed by atoms with van der Waals surface area (Å²) in [6.07, 6.45) is 12.6. The molecule has 0 saturated heterocycles. The summed E-state index contributed by atoms with van der Waals surface area (Å²) in [6.45, 7) is 0. The zero-order valence-electron chi connectivity index (χ0n) is 6.44. The van der Waals surface area contributed by atoms with Crippen LogP contribution in [0.2, 0.25) is 0 Å². The van der Waals surface area contributed by atoms with Crippen LogP contribution in [0.4, 0.5) is 0 Å². The Balaban J connectivity index is 2.25. The van der Waals surface area contributed by atoms with E-state index >= 15 is 0 Å². The minimum Gasteiger partial charge on any atom is -0.0969 e. The second-order valence-electron chi connectivity index (χ2n) is 2.34. The van der Waals surface area contributed by atoms with Gasteiger partial charge in [0.15, 0.2) is 0 Å². The standard InChI is InChI=1S/C10H8S2/c1-3-7-11-9(5-1)10-6-2-4-8-12-10/h1-8H. The molecule has 0 N–H and O–H groups in total. The van der Waals surface area contributed by atoms with Crippen molar-refractivity contribution in [3.63, 3.8) is 0 Å². The molecular weight excluding hydrogens is 184 g/mol. The fourth-order valence-corrected chi connectivity index (χ4v) is 2.56. The summed E-state index contributed by atoms with van der Waals surface area (Å²) in [7, 11) is 0. The van der Waals surface area contributed by atoms with Crippen molar-refractivity contribution in [3.8, 4) is 0 Å². The predicted molar refractivity (Wildman–Crippen MR) is 58.8 cm³/mol. The number of thioether (sulfide) groups is 2. The van der Waals surface area contributed by atoms with Gasteiger partial charge in [0.1, 0.15) is 0 Å². The highest BCUT2D eigenvalue weighted by atomic mass is 32.2. The van der Waals surface area contributed by atoms with Gasteiger partial charge in [-0.2, -0.15) is 0 Å². The van der Waals surface area contributed by atoms with Gasteiger partial charge in [-0.05, 0) is 23.0 Å². The molecule has 0 aromatic heterocycles. The van der Waals surface area contributed by atoms with E-state index in [9.17, 15) is 0 Å². The normalized spacial score (nSPS) is 26.7. The molecule has 2 aliphatic heterocycles. The van der Waals surface area contributed by atoms with Crippen LogP contribution in [-0.2, 0) is 0 Å². The van der Waals surface area contributed by atoms with E-state index in [1.807, 2.05) is 0 Å². The zero-order chi connectivity index (χ0) is 8.23. The minimum atomic E-state index is 1.34. The van der Waals surface area contributed by atoms with Crippen LogP contribution in [0, 0.1) is 0 Å². The average molecular weight is 192 g/mol. The average Bonchev–Trinajstić information content (AvgIpc) is 2.21. The lowest BCUT2D eigenvalue weighted by Crippen LogP contribution is -1.80. The fourth-order valence-electron chi connectivity index (χ4n) is 0.961. The van der Waals surface area contributed by atoms with Crippen LogP contribution in [0.25, 0.3) is 0 Å². The molecule has 0 atom stereocenters. The van der Waals surface area contributed by atoms with Crippen molar-refractivity contribution in [2.75, 3.05) is 0 Å². The van der Waals surface area contributed by atoms with Gasteiger partial charge in [0.05, 0.1) is 0 Å². The van der Waals surface area contributed by atoms with Gasteiger partial charge in [-0.15, -0.1) is 0 Å². The van der Waals surface area contributed by atoms with Crippen LogP contribution in [0.3, 0.4) is 0 Å². The van der Waals surface area contributed by atoms with Crippen molar-refractivity contribution in [3.05, 3.63) is 57.1 Å². The predicted octanol–water partition coefficient (Wildman–Crippen LogP) is 3.83. The quantitative estimate of drug-likeness (QED) is 0.572. The molecule has 0 nitrogen and oxygen atoms in total. The van der Waals surface area contributed by atoms with Gasteiger partial charge in [0, 0.05) is 9.81 Å². The lowest BCUT2D eigenvalue weighted by Gasteiger charge is -2.07. The molecule has 60 valence electrons. The Labute approximate surface area is 80.8 Å². The Morgan fingerprint density at radius 1 is 0.667 bits per heavy atom. The molecular formula is C10H8S2. The van der Waals surface area contributed by atoms with Gasteiger partial charge in [0.25, 0.3) is 0 Å². The number of allylic oxidation sites excluding steroid dienone is 6. The summed E-state index contributed by atoms with van der Waals surface area (Å²) >= 11 is 3.55. The third-order valence-electron chi connectivity index (χ3n) is 1.51. The molecule has 2 aliphatic rings. The van der Waals surface area contributed by atoms with Crippen molar-refractivity contribution in [2.24, 2.45) is 0 Å². The van der Waals surface area contributed by atoms with Crippen molar-refractivity contribution < 1.29 is 0 Å². The largest absolute Gasteiger partial charge is 0.0969 e. The molecule has 0 aromatic carbocycles. The van der Waals surface area contributed by atoms with Gasteiger partial charge in [0.2, 0.25) is 0 Å². The van der Waals surface area contributed by atoms with Crippen LogP contribution in [0.5, 0.6) is 0 Å². The Morgan fingerprint density at radius 2 is 1.17 bits per heavy atom. The molecule has 0 aliphatic carbocycles. The maximum absolute atomic E-state index is 2.15. The molecule has 0 fully saturated rings. The lowest BCUT2D eigenvalue weighted by atomic mass is 10.3.